The Morgan fingerprint density at radius 1 is 1.54 bits per heavy atom. The molecule has 0 saturated heterocycles. The third-order valence-corrected chi connectivity index (χ3v) is 2.45. The minimum atomic E-state index is 0.116. The molecule has 0 radical (unpaired) electrons. The number of nitrogens with two attached hydrogens (primary N) is 1. The molecule has 0 aliphatic rings. The van der Waals surface area contributed by atoms with Gasteiger partial charge in [0.15, 0.2) is 0 Å². The molecule has 1 aromatic carbocycles. The van der Waals surface area contributed by atoms with Gasteiger partial charge < -0.3 is 11.1 Å². The molecule has 0 bridgehead atoms. The van der Waals surface area contributed by atoms with E-state index in [1.165, 1.54) is 0 Å². The number of hydrogen-bond acceptors (Lipinski definition) is 1. The van der Waals surface area contributed by atoms with E-state index in [1.54, 1.807) is 6.07 Å². The molecule has 0 heterocycles. The SMILES string of the molecule is NC(=NCl)Nc1ccc(I)cc1Cl. The van der Waals surface area contributed by atoms with Crippen LogP contribution in [0.5, 0.6) is 0 Å². The number of hydrogen-bond donors (Lipinski definition) is 2. The first-order valence-corrected chi connectivity index (χ1v) is 5.09. The van der Waals surface area contributed by atoms with Crippen LogP contribution in [0.15, 0.2) is 22.7 Å². The lowest BCUT2D eigenvalue weighted by Gasteiger charge is -2.05. The Balaban J connectivity index is 2.90. The predicted octanol–water partition coefficient (Wildman–Crippen LogP) is 2.83. The molecule has 0 fully saturated rings. The van der Waals surface area contributed by atoms with Gasteiger partial charge in [0.1, 0.15) is 0 Å². The van der Waals surface area contributed by atoms with Crippen LogP contribution in [0, 0.1) is 3.57 Å². The van der Waals surface area contributed by atoms with Gasteiger partial charge in [0.05, 0.1) is 10.7 Å². The van der Waals surface area contributed by atoms with Crippen LogP contribution in [0.4, 0.5) is 5.69 Å². The molecule has 70 valence electrons. The minimum absolute atomic E-state index is 0.116. The van der Waals surface area contributed by atoms with E-state index in [4.69, 9.17) is 29.1 Å². The molecule has 0 saturated carbocycles. The van der Waals surface area contributed by atoms with Crippen molar-refractivity contribution < 1.29 is 0 Å². The molecular formula is C7H6Cl2IN3. The van der Waals surface area contributed by atoms with Crippen LogP contribution >= 0.6 is 46.0 Å². The second kappa shape index (κ2) is 4.88. The lowest BCUT2D eigenvalue weighted by Crippen LogP contribution is -2.21. The first-order chi connectivity index (χ1) is 6.13. The number of rotatable bonds is 1. The zero-order valence-electron chi connectivity index (χ0n) is 6.39. The number of nitrogens with one attached hydrogen (secondary N) is 1. The Hall–Kier alpha value is -0.200. The highest BCUT2D eigenvalue weighted by Crippen LogP contribution is 2.23. The Labute approximate surface area is 99.6 Å². The van der Waals surface area contributed by atoms with Crippen molar-refractivity contribution in [1.29, 1.82) is 0 Å². The summed E-state index contributed by atoms with van der Waals surface area (Å²) in [5.74, 6) is 0.116. The minimum Gasteiger partial charge on any atom is -0.369 e. The van der Waals surface area contributed by atoms with Crippen LogP contribution in [0.1, 0.15) is 0 Å². The fourth-order valence-electron chi connectivity index (χ4n) is 0.750. The monoisotopic (exact) mass is 329 g/mol. The van der Waals surface area contributed by atoms with Crippen molar-refractivity contribution in [3.05, 3.63) is 26.8 Å². The van der Waals surface area contributed by atoms with E-state index in [0.29, 0.717) is 10.7 Å². The molecule has 0 amide bonds. The van der Waals surface area contributed by atoms with Crippen molar-refractivity contribution in [3.63, 3.8) is 0 Å². The molecule has 0 atom stereocenters. The topological polar surface area (TPSA) is 50.4 Å². The first-order valence-electron chi connectivity index (χ1n) is 3.30. The largest absolute Gasteiger partial charge is 0.369 e. The predicted molar refractivity (Wildman–Crippen MR) is 65.3 cm³/mol. The van der Waals surface area contributed by atoms with Gasteiger partial charge in [-0.25, -0.2) is 0 Å². The third kappa shape index (κ3) is 3.21. The van der Waals surface area contributed by atoms with Crippen LogP contribution < -0.4 is 11.1 Å². The molecule has 0 unspecified atom stereocenters. The lowest BCUT2D eigenvalue weighted by atomic mass is 10.3. The maximum Gasteiger partial charge on any atom is 0.210 e. The second-order valence-corrected chi connectivity index (χ2v) is 4.04. The summed E-state index contributed by atoms with van der Waals surface area (Å²) in [6.07, 6.45) is 0. The fourth-order valence-corrected chi connectivity index (χ4v) is 1.70. The normalized spacial score (nSPS) is 11.5. The summed E-state index contributed by atoms with van der Waals surface area (Å²) in [6.45, 7) is 0. The summed E-state index contributed by atoms with van der Waals surface area (Å²) in [5, 5.41) is 3.33. The van der Waals surface area contributed by atoms with E-state index in [1.807, 2.05) is 12.1 Å². The molecular weight excluding hydrogens is 324 g/mol. The maximum absolute atomic E-state index is 5.91. The summed E-state index contributed by atoms with van der Waals surface area (Å²) in [7, 11) is 0. The number of halogens is 3. The van der Waals surface area contributed by atoms with Gasteiger partial charge in [0, 0.05) is 15.3 Å². The number of benzene rings is 1. The van der Waals surface area contributed by atoms with Crippen molar-refractivity contribution in [2.75, 3.05) is 5.32 Å². The van der Waals surface area contributed by atoms with E-state index < -0.39 is 0 Å². The van der Waals surface area contributed by atoms with Crippen molar-refractivity contribution in [2.45, 2.75) is 0 Å². The molecule has 3 nitrogen and oxygen atoms in total. The van der Waals surface area contributed by atoms with E-state index in [-0.39, 0.29) is 5.96 Å². The van der Waals surface area contributed by atoms with Crippen molar-refractivity contribution in [1.82, 2.24) is 0 Å². The molecule has 0 aromatic heterocycles. The molecule has 6 heteroatoms. The van der Waals surface area contributed by atoms with E-state index in [9.17, 15) is 0 Å². The highest BCUT2D eigenvalue weighted by Gasteiger charge is 2.01. The quantitative estimate of drug-likeness (QED) is 0.473. The Morgan fingerprint density at radius 2 is 2.23 bits per heavy atom. The highest BCUT2D eigenvalue weighted by atomic mass is 127. The van der Waals surface area contributed by atoms with Crippen LogP contribution in [-0.4, -0.2) is 5.96 Å². The van der Waals surface area contributed by atoms with E-state index in [2.05, 4.69) is 32.4 Å². The summed E-state index contributed by atoms with van der Waals surface area (Å²) in [4.78, 5) is 0. The van der Waals surface area contributed by atoms with Gasteiger partial charge >= 0.3 is 0 Å². The maximum atomic E-state index is 5.91. The van der Waals surface area contributed by atoms with Crippen LogP contribution in [-0.2, 0) is 0 Å². The summed E-state index contributed by atoms with van der Waals surface area (Å²) in [5.41, 5.74) is 6.04. The van der Waals surface area contributed by atoms with Gasteiger partial charge in [-0.15, -0.1) is 4.51 Å². The zero-order valence-corrected chi connectivity index (χ0v) is 10.1. The standard InChI is InChI=1S/C7H6Cl2IN3/c8-5-3-4(10)1-2-6(5)12-7(11)13-9/h1-3H,(H3,11,12,13). The third-order valence-electron chi connectivity index (χ3n) is 1.28. The second-order valence-electron chi connectivity index (χ2n) is 2.22. The molecule has 0 aliphatic carbocycles. The average molecular weight is 330 g/mol. The lowest BCUT2D eigenvalue weighted by molar-refractivity contribution is 1.53. The number of nitrogens with zero attached hydrogens (tertiary/aromatic N) is 1. The first kappa shape index (κ1) is 10.9. The molecule has 0 aliphatic heterocycles. The highest BCUT2D eigenvalue weighted by molar-refractivity contribution is 14.1. The summed E-state index contributed by atoms with van der Waals surface area (Å²) >= 11 is 13.2. The van der Waals surface area contributed by atoms with Crippen LogP contribution in [0.2, 0.25) is 5.02 Å². The van der Waals surface area contributed by atoms with E-state index in [0.717, 1.165) is 3.57 Å². The Bertz CT molecular complexity index is 341. The molecule has 0 spiro atoms. The molecule has 13 heavy (non-hydrogen) atoms. The van der Waals surface area contributed by atoms with Crippen molar-refractivity contribution in [2.24, 2.45) is 10.2 Å². The molecule has 3 N–H and O–H groups in total. The van der Waals surface area contributed by atoms with Gasteiger partial charge in [-0.2, -0.15) is 0 Å². The van der Waals surface area contributed by atoms with Gasteiger partial charge in [-0.1, -0.05) is 11.6 Å². The molecule has 1 rings (SSSR count). The summed E-state index contributed by atoms with van der Waals surface area (Å²) in [6, 6.07) is 5.52. The van der Waals surface area contributed by atoms with Crippen molar-refractivity contribution >= 4 is 57.6 Å². The zero-order chi connectivity index (χ0) is 9.84. The number of guanidine groups is 1. The van der Waals surface area contributed by atoms with Gasteiger partial charge in [-0.05, 0) is 40.8 Å². The van der Waals surface area contributed by atoms with Crippen molar-refractivity contribution in [3.8, 4) is 0 Å². The molecule has 1 aromatic rings. The Kier molecular flexibility index (Phi) is 4.08. The van der Waals surface area contributed by atoms with Gasteiger partial charge in [-0.3, -0.25) is 0 Å². The smallest absolute Gasteiger partial charge is 0.210 e. The van der Waals surface area contributed by atoms with Gasteiger partial charge in [0.25, 0.3) is 0 Å². The fraction of sp³-hybridized carbons (Fsp3) is 0. The van der Waals surface area contributed by atoms with Crippen LogP contribution in [0.25, 0.3) is 0 Å². The van der Waals surface area contributed by atoms with E-state index >= 15 is 0 Å². The average Bonchev–Trinajstić information content (AvgIpc) is 2.09. The summed E-state index contributed by atoms with van der Waals surface area (Å²) < 4.78 is 4.29. The number of anilines is 1. The Morgan fingerprint density at radius 3 is 2.77 bits per heavy atom. The van der Waals surface area contributed by atoms with Crippen LogP contribution in [0.3, 0.4) is 0 Å². The van der Waals surface area contributed by atoms with Gasteiger partial charge in [0.2, 0.25) is 5.96 Å².